The fraction of sp³-hybridized carbons (Fsp3) is 0.667. The number of aldehydes is 1. The van der Waals surface area contributed by atoms with Crippen LogP contribution in [0.5, 0.6) is 0 Å². The van der Waals surface area contributed by atoms with Gasteiger partial charge in [-0.25, -0.2) is 0 Å². The first kappa shape index (κ1) is 20.3. The fourth-order valence-corrected chi connectivity index (χ4v) is 0.683. The van der Waals surface area contributed by atoms with Crippen molar-refractivity contribution in [2.24, 2.45) is 0 Å². The Morgan fingerprint density at radius 3 is 1.62 bits per heavy atom. The molecule has 0 N–H and O–H groups in total. The van der Waals surface area contributed by atoms with Gasteiger partial charge in [0.15, 0.2) is 0 Å². The van der Waals surface area contributed by atoms with Gasteiger partial charge < -0.3 is 14.4 Å². The molecular formula is C12H25NO3. The molecule has 0 aliphatic carbocycles. The summed E-state index contributed by atoms with van der Waals surface area (Å²) in [5.41, 5.74) is 0. The third kappa shape index (κ3) is 23.0. The lowest BCUT2D eigenvalue weighted by Gasteiger charge is -2.21. The summed E-state index contributed by atoms with van der Waals surface area (Å²) in [6.45, 7) is 13.6. The van der Waals surface area contributed by atoms with E-state index in [0.717, 1.165) is 25.8 Å². The Hall–Kier alpha value is -1.16. The topological polar surface area (TPSA) is 46.6 Å². The predicted octanol–water partition coefficient (Wildman–Crippen LogP) is 1.90. The lowest BCUT2D eigenvalue weighted by Crippen LogP contribution is -2.34. The number of carbonyl (C=O) groups excluding carboxylic acids is 2. The summed E-state index contributed by atoms with van der Waals surface area (Å²) >= 11 is 0. The first-order valence-corrected chi connectivity index (χ1v) is 5.50. The second-order valence-corrected chi connectivity index (χ2v) is 2.40. The predicted molar refractivity (Wildman–Crippen MR) is 67.4 cm³/mol. The van der Waals surface area contributed by atoms with E-state index in [-0.39, 0.29) is 0 Å². The van der Waals surface area contributed by atoms with Crippen LogP contribution in [-0.4, -0.2) is 43.9 Å². The van der Waals surface area contributed by atoms with Crippen LogP contribution in [0.25, 0.3) is 0 Å². The Morgan fingerprint density at radius 1 is 1.12 bits per heavy atom. The zero-order valence-electron chi connectivity index (χ0n) is 10.9. The van der Waals surface area contributed by atoms with Crippen molar-refractivity contribution in [1.29, 1.82) is 0 Å². The van der Waals surface area contributed by atoms with Crippen molar-refractivity contribution < 1.29 is 14.3 Å². The number of ether oxygens (including phenoxy) is 1. The molecule has 0 unspecified atom stereocenters. The highest BCUT2D eigenvalue weighted by atomic mass is 16.5. The largest absolute Gasteiger partial charge is 0.378 e. The number of carbonyl (C=O) groups is 2. The van der Waals surface area contributed by atoms with Crippen LogP contribution in [0.3, 0.4) is 0 Å². The minimum absolute atomic E-state index is 0.693. The van der Waals surface area contributed by atoms with Gasteiger partial charge in [0.05, 0.1) is 13.2 Å². The molecule has 0 spiro atoms. The minimum Gasteiger partial charge on any atom is -0.378 e. The Balaban J connectivity index is -0.000000179. The molecule has 1 fully saturated rings. The van der Waals surface area contributed by atoms with Gasteiger partial charge in [0.25, 0.3) is 0 Å². The molecule has 0 aromatic rings. The van der Waals surface area contributed by atoms with E-state index in [2.05, 4.69) is 6.58 Å². The van der Waals surface area contributed by atoms with Crippen molar-refractivity contribution >= 4 is 12.7 Å². The van der Waals surface area contributed by atoms with E-state index in [0.29, 0.717) is 13.2 Å². The summed E-state index contributed by atoms with van der Waals surface area (Å²) in [6.07, 6.45) is 3.36. The highest BCUT2D eigenvalue weighted by molar-refractivity contribution is 5.46. The number of nitrogens with zero attached hydrogens (tertiary/aromatic N) is 1. The molecule has 4 nitrogen and oxygen atoms in total. The van der Waals surface area contributed by atoms with Crippen molar-refractivity contribution in [3.63, 3.8) is 0 Å². The number of morpholine rings is 1. The van der Waals surface area contributed by atoms with Gasteiger partial charge in [-0.3, -0.25) is 4.79 Å². The lowest BCUT2D eigenvalue weighted by atomic mass is 10.5. The van der Waals surface area contributed by atoms with E-state index in [9.17, 15) is 4.79 Å². The van der Waals surface area contributed by atoms with Crippen LogP contribution in [0.2, 0.25) is 0 Å². The van der Waals surface area contributed by atoms with Crippen LogP contribution >= 0.6 is 0 Å². The molecule has 0 aromatic carbocycles. The number of rotatable bonds is 1. The Bertz CT molecular complexity index is 137. The van der Waals surface area contributed by atoms with E-state index >= 15 is 0 Å². The highest BCUT2D eigenvalue weighted by Crippen LogP contribution is 1.90. The maximum atomic E-state index is 10.0. The monoisotopic (exact) mass is 231 g/mol. The number of hydrogen-bond acceptors (Lipinski definition) is 3. The number of hydrogen-bond donors (Lipinski definition) is 0. The van der Waals surface area contributed by atoms with Gasteiger partial charge in [0, 0.05) is 13.1 Å². The van der Waals surface area contributed by atoms with Crippen molar-refractivity contribution in [2.45, 2.75) is 27.7 Å². The molecule has 1 aliphatic rings. The average Bonchev–Trinajstić information content (AvgIpc) is 2.35. The van der Waals surface area contributed by atoms with Crippen LogP contribution in [-0.2, 0) is 14.3 Å². The van der Waals surface area contributed by atoms with Crippen molar-refractivity contribution in [3.05, 3.63) is 12.7 Å². The summed E-state index contributed by atoms with van der Waals surface area (Å²) < 4.78 is 5.00. The Labute approximate surface area is 99.3 Å². The van der Waals surface area contributed by atoms with E-state index in [1.807, 2.05) is 20.8 Å². The zero-order valence-corrected chi connectivity index (χ0v) is 10.9. The number of amides is 1. The molecule has 1 heterocycles. The molecule has 4 heteroatoms. The summed E-state index contributed by atoms with van der Waals surface area (Å²) in [4.78, 5) is 20.5. The molecule has 96 valence electrons. The van der Waals surface area contributed by atoms with Gasteiger partial charge in [-0.15, -0.1) is 6.58 Å². The zero-order chi connectivity index (χ0) is 13.2. The van der Waals surface area contributed by atoms with Gasteiger partial charge >= 0.3 is 0 Å². The standard InChI is InChI=1S/C5H9NO2.C3H6.C2H4O.C2H6/c7-5-6-1-3-8-4-2-6;1-3-2;1-2-3;1-2/h5H,1-4H2;3H,1H2,2H3;2H,1H3;1-2H3. The molecule has 1 aliphatic heterocycles. The summed E-state index contributed by atoms with van der Waals surface area (Å²) in [6, 6.07) is 0. The summed E-state index contributed by atoms with van der Waals surface area (Å²) in [5.74, 6) is 0. The van der Waals surface area contributed by atoms with Crippen molar-refractivity contribution in [3.8, 4) is 0 Å². The minimum atomic E-state index is 0.693. The fourth-order valence-electron chi connectivity index (χ4n) is 0.683. The van der Waals surface area contributed by atoms with Crippen LogP contribution < -0.4 is 0 Å². The maximum absolute atomic E-state index is 10.0. The SMILES string of the molecule is C=CC.CC.CC=O.O=CN1CCOCC1. The Kier molecular flexibility index (Phi) is 29.9. The van der Waals surface area contributed by atoms with Gasteiger partial charge in [-0.05, 0) is 13.8 Å². The average molecular weight is 231 g/mol. The van der Waals surface area contributed by atoms with Gasteiger partial charge in [-0.1, -0.05) is 19.9 Å². The lowest BCUT2D eigenvalue weighted by molar-refractivity contribution is -0.121. The van der Waals surface area contributed by atoms with E-state index in [4.69, 9.17) is 9.53 Å². The number of allylic oxidation sites excluding steroid dienone is 1. The molecule has 0 saturated carbocycles. The smallest absolute Gasteiger partial charge is 0.209 e. The highest BCUT2D eigenvalue weighted by Gasteiger charge is 2.05. The van der Waals surface area contributed by atoms with Crippen LogP contribution in [0.15, 0.2) is 12.7 Å². The third-order valence-corrected chi connectivity index (χ3v) is 1.19. The summed E-state index contributed by atoms with van der Waals surface area (Å²) in [7, 11) is 0. The van der Waals surface area contributed by atoms with Crippen molar-refractivity contribution in [2.75, 3.05) is 26.3 Å². The maximum Gasteiger partial charge on any atom is 0.209 e. The van der Waals surface area contributed by atoms with E-state index < -0.39 is 0 Å². The quantitative estimate of drug-likeness (QED) is 0.511. The molecule has 16 heavy (non-hydrogen) atoms. The third-order valence-electron chi connectivity index (χ3n) is 1.19. The molecule has 0 aromatic heterocycles. The molecule has 1 saturated heterocycles. The first-order valence-electron chi connectivity index (χ1n) is 5.50. The summed E-state index contributed by atoms with van der Waals surface area (Å²) in [5, 5.41) is 0. The second-order valence-electron chi connectivity index (χ2n) is 2.40. The molecule has 1 amide bonds. The van der Waals surface area contributed by atoms with Gasteiger partial charge in [0.2, 0.25) is 6.41 Å². The van der Waals surface area contributed by atoms with Crippen LogP contribution in [0.1, 0.15) is 27.7 Å². The van der Waals surface area contributed by atoms with E-state index in [1.165, 1.54) is 6.92 Å². The molecular weight excluding hydrogens is 206 g/mol. The van der Waals surface area contributed by atoms with Gasteiger partial charge in [0.1, 0.15) is 6.29 Å². The molecule has 0 bridgehead atoms. The first-order chi connectivity index (χ1) is 7.76. The normalized spacial score (nSPS) is 12.4. The van der Waals surface area contributed by atoms with Crippen LogP contribution in [0.4, 0.5) is 0 Å². The molecule has 1 rings (SSSR count). The molecule has 0 radical (unpaired) electrons. The van der Waals surface area contributed by atoms with Gasteiger partial charge in [-0.2, -0.15) is 0 Å². The molecule has 0 atom stereocenters. The second kappa shape index (κ2) is 23.6. The van der Waals surface area contributed by atoms with Crippen LogP contribution in [0, 0.1) is 0 Å². The van der Waals surface area contributed by atoms with Crippen molar-refractivity contribution in [1.82, 2.24) is 4.90 Å². The van der Waals surface area contributed by atoms with E-state index in [1.54, 1.807) is 11.0 Å². The Morgan fingerprint density at radius 2 is 1.44 bits per heavy atom.